The Morgan fingerprint density at radius 3 is 2.89 bits per heavy atom. The Kier molecular flexibility index (Phi) is 4.19. The Balaban J connectivity index is 2.33. The minimum atomic E-state index is -1.15. The highest BCUT2D eigenvalue weighted by Crippen LogP contribution is 2.30. The molecule has 4 nitrogen and oxygen atoms in total. The van der Waals surface area contributed by atoms with Crippen molar-refractivity contribution >= 4 is 27.6 Å². The fourth-order valence-corrected chi connectivity index (χ4v) is 2.44. The number of ether oxygens (including phenoxy) is 1. The summed E-state index contributed by atoms with van der Waals surface area (Å²) in [5.41, 5.74) is 0.347. The molecule has 0 saturated carbocycles. The molecule has 18 heavy (non-hydrogen) atoms. The van der Waals surface area contributed by atoms with Crippen molar-refractivity contribution in [2.75, 3.05) is 31.2 Å². The molecular weight excluding hydrogens is 305 g/mol. The molecular formula is C12H13BrFNO3. The molecule has 0 unspecified atom stereocenters. The molecule has 1 heterocycles. The molecule has 1 fully saturated rings. The van der Waals surface area contributed by atoms with Crippen LogP contribution in [-0.2, 0) is 4.74 Å². The molecule has 1 saturated heterocycles. The lowest BCUT2D eigenvalue weighted by molar-refractivity contribution is 0.0695. The van der Waals surface area contributed by atoms with E-state index in [0.717, 1.165) is 6.42 Å². The van der Waals surface area contributed by atoms with Crippen LogP contribution in [0.5, 0.6) is 0 Å². The second kappa shape index (κ2) is 5.67. The molecule has 1 N–H and O–H groups in total. The molecule has 2 rings (SSSR count). The molecule has 0 atom stereocenters. The van der Waals surface area contributed by atoms with Crippen molar-refractivity contribution < 1.29 is 19.0 Å². The summed E-state index contributed by atoms with van der Waals surface area (Å²) in [5.74, 6) is -1.68. The Bertz CT molecular complexity index is 459. The summed E-state index contributed by atoms with van der Waals surface area (Å²) >= 11 is 3.00. The molecule has 0 radical (unpaired) electrons. The first-order valence-corrected chi connectivity index (χ1v) is 6.44. The number of aromatic carboxylic acids is 1. The van der Waals surface area contributed by atoms with E-state index < -0.39 is 11.8 Å². The summed E-state index contributed by atoms with van der Waals surface area (Å²) in [6, 6.07) is 2.92. The van der Waals surface area contributed by atoms with E-state index in [4.69, 9.17) is 9.84 Å². The van der Waals surface area contributed by atoms with Crippen LogP contribution < -0.4 is 4.90 Å². The maximum absolute atomic E-state index is 14.1. The van der Waals surface area contributed by atoms with Gasteiger partial charge in [0, 0.05) is 19.7 Å². The van der Waals surface area contributed by atoms with Gasteiger partial charge in [-0.15, -0.1) is 0 Å². The molecule has 0 aliphatic carbocycles. The van der Waals surface area contributed by atoms with Crippen LogP contribution in [0.15, 0.2) is 16.6 Å². The number of carboxylic acid groups (broad SMARTS) is 1. The van der Waals surface area contributed by atoms with Crippen LogP contribution in [0.3, 0.4) is 0 Å². The predicted molar refractivity (Wildman–Crippen MR) is 68.7 cm³/mol. The van der Waals surface area contributed by atoms with Crippen molar-refractivity contribution in [3.8, 4) is 0 Å². The van der Waals surface area contributed by atoms with E-state index in [1.54, 1.807) is 0 Å². The van der Waals surface area contributed by atoms with Crippen LogP contribution in [0, 0.1) is 5.82 Å². The Labute approximate surface area is 112 Å². The maximum Gasteiger partial charge on any atom is 0.336 e. The fourth-order valence-electron chi connectivity index (χ4n) is 1.94. The van der Waals surface area contributed by atoms with Gasteiger partial charge in [0.1, 0.15) is 0 Å². The minimum Gasteiger partial charge on any atom is -0.478 e. The van der Waals surface area contributed by atoms with E-state index in [2.05, 4.69) is 15.9 Å². The maximum atomic E-state index is 14.1. The first kappa shape index (κ1) is 13.3. The Morgan fingerprint density at radius 2 is 2.17 bits per heavy atom. The topological polar surface area (TPSA) is 49.8 Å². The second-order valence-electron chi connectivity index (χ2n) is 4.02. The lowest BCUT2D eigenvalue weighted by atomic mass is 10.2. The van der Waals surface area contributed by atoms with Gasteiger partial charge in [0.25, 0.3) is 0 Å². The van der Waals surface area contributed by atoms with E-state index >= 15 is 0 Å². The van der Waals surface area contributed by atoms with Crippen molar-refractivity contribution in [2.24, 2.45) is 0 Å². The Hall–Kier alpha value is -1.14. The lowest BCUT2D eigenvalue weighted by Gasteiger charge is -2.23. The van der Waals surface area contributed by atoms with Gasteiger partial charge in [-0.05, 0) is 34.5 Å². The molecule has 6 heteroatoms. The van der Waals surface area contributed by atoms with Crippen LogP contribution in [0.25, 0.3) is 0 Å². The highest BCUT2D eigenvalue weighted by Gasteiger charge is 2.20. The molecule has 1 aliphatic rings. The van der Waals surface area contributed by atoms with Crippen LogP contribution in [0.1, 0.15) is 16.8 Å². The van der Waals surface area contributed by atoms with E-state index in [0.29, 0.717) is 32.0 Å². The third-order valence-corrected chi connectivity index (χ3v) is 3.63. The average molecular weight is 318 g/mol. The monoisotopic (exact) mass is 317 g/mol. The van der Waals surface area contributed by atoms with Gasteiger partial charge in [-0.25, -0.2) is 9.18 Å². The number of carbonyl (C=O) groups is 1. The van der Waals surface area contributed by atoms with Crippen LogP contribution >= 0.6 is 15.9 Å². The summed E-state index contributed by atoms with van der Waals surface area (Å²) in [5, 5.41) is 8.91. The van der Waals surface area contributed by atoms with Gasteiger partial charge in [0.2, 0.25) is 0 Å². The number of anilines is 1. The normalized spacial score (nSPS) is 16.4. The third-order valence-electron chi connectivity index (χ3n) is 2.86. The molecule has 1 aromatic carbocycles. The second-order valence-corrected chi connectivity index (χ2v) is 4.81. The molecule has 0 spiro atoms. The van der Waals surface area contributed by atoms with Gasteiger partial charge in [0.15, 0.2) is 5.82 Å². The number of halogens is 2. The van der Waals surface area contributed by atoms with Gasteiger partial charge in [-0.1, -0.05) is 0 Å². The first-order valence-electron chi connectivity index (χ1n) is 5.65. The van der Waals surface area contributed by atoms with E-state index in [1.807, 2.05) is 4.90 Å². The molecule has 98 valence electrons. The zero-order chi connectivity index (χ0) is 13.1. The third kappa shape index (κ3) is 2.64. The molecule has 0 amide bonds. The van der Waals surface area contributed by atoms with Crippen molar-refractivity contribution in [3.63, 3.8) is 0 Å². The SMILES string of the molecule is O=C(O)c1ccc(N2CCCOCC2)c(F)c1Br. The molecule has 1 aromatic rings. The van der Waals surface area contributed by atoms with Gasteiger partial charge in [-0.2, -0.15) is 0 Å². The highest BCUT2D eigenvalue weighted by molar-refractivity contribution is 9.10. The van der Waals surface area contributed by atoms with Crippen molar-refractivity contribution in [1.29, 1.82) is 0 Å². The van der Waals surface area contributed by atoms with Crippen molar-refractivity contribution in [3.05, 3.63) is 28.0 Å². The van der Waals surface area contributed by atoms with Crippen molar-refractivity contribution in [1.82, 2.24) is 0 Å². The summed E-state index contributed by atoms with van der Waals surface area (Å²) in [4.78, 5) is 12.8. The van der Waals surface area contributed by atoms with Gasteiger partial charge in [0.05, 0.1) is 22.3 Å². The largest absolute Gasteiger partial charge is 0.478 e. The number of nitrogens with zero attached hydrogens (tertiary/aromatic N) is 1. The van der Waals surface area contributed by atoms with Crippen LogP contribution in [-0.4, -0.2) is 37.4 Å². The Morgan fingerprint density at radius 1 is 1.39 bits per heavy atom. The quantitative estimate of drug-likeness (QED) is 0.910. The standard InChI is InChI=1S/C12H13BrFNO3/c13-10-8(12(16)17)2-3-9(11(10)14)15-4-1-6-18-7-5-15/h2-3H,1,4-7H2,(H,16,17). The summed E-state index contributed by atoms with van der Waals surface area (Å²) in [6.45, 7) is 2.54. The van der Waals surface area contributed by atoms with Crippen molar-refractivity contribution in [2.45, 2.75) is 6.42 Å². The van der Waals surface area contributed by atoms with E-state index in [1.165, 1.54) is 12.1 Å². The number of rotatable bonds is 2. The minimum absolute atomic E-state index is 0.00216. The zero-order valence-corrected chi connectivity index (χ0v) is 11.2. The van der Waals surface area contributed by atoms with E-state index in [9.17, 15) is 9.18 Å². The number of hydrogen-bond donors (Lipinski definition) is 1. The summed E-state index contributed by atoms with van der Waals surface area (Å²) in [6.07, 6.45) is 0.831. The van der Waals surface area contributed by atoms with Crippen LogP contribution in [0.2, 0.25) is 0 Å². The number of carboxylic acids is 1. The summed E-state index contributed by atoms with van der Waals surface area (Å²) < 4.78 is 19.5. The summed E-state index contributed by atoms with van der Waals surface area (Å²) in [7, 11) is 0. The van der Waals surface area contributed by atoms with Gasteiger partial charge >= 0.3 is 5.97 Å². The highest BCUT2D eigenvalue weighted by atomic mass is 79.9. The van der Waals surface area contributed by atoms with Crippen LogP contribution in [0.4, 0.5) is 10.1 Å². The van der Waals surface area contributed by atoms with Gasteiger partial charge in [-0.3, -0.25) is 0 Å². The zero-order valence-electron chi connectivity index (χ0n) is 9.66. The molecule has 0 aromatic heterocycles. The predicted octanol–water partition coefficient (Wildman–Crippen LogP) is 2.51. The fraction of sp³-hybridized carbons (Fsp3) is 0.417. The molecule has 0 bridgehead atoms. The smallest absolute Gasteiger partial charge is 0.336 e. The molecule has 1 aliphatic heterocycles. The number of benzene rings is 1. The van der Waals surface area contributed by atoms with E-state index in [-0.39, 0.29) is 10.0 Å². The van der Waals surface area contributed by atoms with Gasteiger partial charge < -0.3 is 14.7 Å². The number of hydrogen-bond acceptors (Lipinski definition) is 3. The lowest BCUT2D eigenvalue weighted by Crippen LogP contribution is -2.27. The average Bonchev–Trinajstić information content (AvgIpc) is 2.60. The first-order chi connectivity index (χ1) is 8.61.